The summed E-state index contributed by atoms with van der Waals surface area (Å²) in [6.45, 7) is 7.85. The third-order valence-electron chi connectivity index (χ3n) is 4.35. The van der Waals surface area contributed by atoms with Crippen LogP contribution in [0.2, 0.25) is 0 Å². The number of nitrogens with zero attached hydrogens (tertiary/aromatic N) is 2. The zero-order valence-corrected chi connectivity index (χ0v) is 11.1. The summed E-state index contributed by atoms with van der Waals surface area (Å²) in [6, 6.07) is 0.947. The highest BCUT2D eigenvalue weighted by molar-refractivity contribution is 5.79. The number of fused-ring (bicyclic) bond motifs is 1. The lowest BCUT2D eigenvalue weighted by molar-refractivity contribution is -0.141. The van der Waals surface area contributed by atoms with Crippen molar-refractivity contribution < 1.29 is 4.79 Å². The van der Waals surface area contributed by atoms with E-state index in [1.54, 1.807) is 0 Å². The van der Waals surface area contributed by atoms with Crippen LogP contribution in [0.4, 0.5) is 0 Å². The molecule has 2 aliphatic rings. The molecule has 4 heteroatoms. The van der Waals surface area contributed by atoms with Crippen LogP contribution in [0, 0.1) is 5.92 Å². The second kappa shape index (κ2) is 5.36. The summed E-state index contributed by atoms with van der Waals surface area (Å²) in [4.78, 5) is 17.0. The Hall–Kier alpha value is -0.610. The van der Waals surface area contributed by atoms with Crippen molar-refractivity contribution >= 4 is 5.91 Å². The lowest BCUT2D eigenvalue weighted by Gasteiger charge is -2.43. The van der Waals surface area contributed by atoms with Crippen LogP contribution in [-0.2, 0) is 4.79 Å². The molecule has 98 valence electrons. The van der Waals surface area contributed by atoms with Gasteiger partial charge in [-0.05, 0) is 32.7 Å². The first-order chi connectivity index (χ1) is 8.17. The Labute approximate surface area is 104 Å². The van der Waals surface area contributed by atoms with E-state index in [4.69, 9.17) is 5.73 Å². The van der Waals surface area contributed by atoms with E-state index in [0.29, 0.717) is 18.6 Å². The fraction of sp³-hybridized carbons (Fsp3) is 0.923. The van der Waals surface area contributed by atoms with Crippen LogP contribution in [0.3, 0.4) is 0 Å². The van der Waals surface area contributed by atoms with Gasteiger partial charge in [0.25, 0.3) is 0 Å². The van der Waals surface area contributed by atoms with Gasteiger partial charge in [0.1, 0.15) is 0 Å². The van der Waals surface area contributed by atoms with Gasteiger partial charge in [-0.15, -0.1) is 0 Å². The number of amides is 1. The van der Waals surface area contributed by atoms with Crippen molar-refractivity contribution in [3.8, 4) is 0 Å². The molecule has 0 aromatic rings. The Kier molecular flexibility index (Phi) is 4.05. The smallest absolute Gasteiger partial charge is 0.227 e. The van der Waals surface area contributed by atoms with Gasteiger partial charge in [0.2, 0.25) is 5.91 Å². The largest absolute Gasteiger partial charge is 0.337 e. The minimum atomic E-state index is 0.0189. The average Bonchev–Trinajstić information content (AvgIpc) is 2.76. The standard InChI is InChI=1S/C13H25N3O/c1-3-11(7-14)13(17)16-9-12-5-4-6-15(12)8-10(16)2/h10-12H,3-9,14H2,1-2H3. The topological polar surface area (TPSA) is 49.6 Å². The summed E-state index contributed by atoms with van der Waals surface area (Å²) in [5.41, 5.74) is 5.69. The van der Waals surface area contributed by atoms with Crippen LogP contribution in [0.1, 0.15) is 33.1 Å². The van der Waals surface area contributed by atoms with Gasteiger partial charge in [-0.1, -0.05) is 6.92 Å². The molecule has 3 atom stereocenters. The molecule has 17 heavy (non-hydrogen) atoms. The first kappa shape index (κ1) is 12.8. The number of carbonyl (C=O) groups excluding carboxylic acids is 1. The Morgan fingerprint density at radius 2 is 2.24 bits per heavy atom. The van der Waals surface area contributed by atoms with Crippen molar-refractivity contribution in [3.05, 3.63) is 0 Å². The van der Waals surface area contributed by atoms with Crippen molar-refractivity contribution in [3.63, 3.8) is 0 Å². The van der Waals surface area contributed by atoms with E-state index in [9.17, 15) is 4.79 Å². The average molecular weight is 239 g/mol. The third kappa shape index (κ3) is 2.47. The lowest BCUT2D eigenvalue weighted by Crippen LogP contribution is -2.58. The van der Waals surface area contributed by atoms with Crippen molar-refractivity contribution in [2.75, 3.05) is 26.2 Å². The molecule has 4 nitrogen and oxygen atoms in total. The highest BCUT2D eigenvalue weighted by atomic mass is 16.2. The van der Waals surface area contributed by atoms with E-state index in [0.717, 1.165) is 19.5 Å². The molecule has 0 aromatic carbocycles. The van der Waals surface area contributed by atoms with Crippen molar-refractivity contribution in [2.45, 2.75) is 45.2 Å². The van der Waals surface area contributed by atoms with E-state index >= 15 is 0 Å². The molecule has 0 aliphatic carbocycles. The van der Waals surface area contributed by atoms with Gasteiger partial charge in [0, 0.05) is 31.7 Å². The minimum Gasteiger partial charge on any atom is -0.337 e. The molecular weight excluding hydrogens is 214 g/mol. The Bertz CT molecular complexity index is 278. The number of nitrogens with two attached hydrogens (primary N) is 1. The van der Waals surface area contributed by atoms with E-state index in [2.05, 4.69) is 16.7 Å². The molecule has 2 saturated heterocycles. The summed E-state index contributed by atoms with van der Waals surface area (Å²) in [6.07, 6.45) is 3.39. The second-order valence-corrected chi connectivity index (χ2v) is 5.47. The fourth-order valence-electron chi connectivity index (χ4n) is 3.17. The minimum absolute atomic E-state index is 0.0189. The van der Waals surface area contributed by atoms with Crippen molar-refractivity contribution in [1.29, 1.82) is 0 Å². The monoisotopic (exact) mass is 239 g/mol. The Balaban J connectivity index is 2.02. The maximum Gasteiger partial charge on any atom is 0.227 e. The second-order valence-electron chi connectivity index (χ2n) is 5.47. The van der Waals surface area contributed by atoms with Gasteiger partial charge in [-0.25, -0.2) is 0 Å². The highest BCUT2D eigenvalue weighted by Crippen LogP contribution is 2.25. The summed E-state index contributed by atoms with van der Waals surface area (Å²) >= 11 is 0. The molecular formula is C13H25N3O. The summed E-state index contributed by atoms with van der Waals surface area (Å²) < 4.78 is 0. The van der Waals surface area contributed by atoms with Crippen LogP contribution in [0.25, 0.3) is 0 Å². The molecule has 3 unspecified atom stereocenters. The number of hydrogen-bond acceptors (Lipinski definition) is 3. The Morgan fingerprint density at radius 3 is 2.88 bits per heavy atom. The predicted octanol–water partition coefficient (Wildman–Crippen LogP) is 0.666. The normalized spacial score (nSPS) is 31.4. The molecule has 0 bridgehead atoms. The molecule has 0 saturated carbocycles. The molecule has 0 radical (unpaired) electrons. The van der Waals surface area contributed by atoms with Gasteiger partial charge in [0.05, 0.1) is 5.92 Å². The molecule has 2 aliphatic heterocycles. The SMILES string of the molecule is CCC(CN)C(=O)N1CC2CCCN2CC1C. The summed E-state index contributed by atoms with van der Waals surface area (Å²) in [7, 11) is 0. The van der Waals surface area contributed by atoms with Crippen LogP contribution in [-0.4, -0.2) is 54.0 Å². The van der Waals surface area contributed by atoms with Gasteiger partial charge in [-0.2, -0.15) is 0 Å². The molecule has 1 amide bonds. The highest BCUT2D eigenvalue weighted by Gasteiger charge is 2.37. The lowest BCUT2D eigenvalue weighted by atomic mass is 10.0. The summed E-state index contributed by atoms with van der Waals surface area (Å²) in [5.74, 6) is 0.291. The number of piperazine rings is 1. The quantitative estimate of drug-likeness (QED) is 0.787. The zero-order valence-electron chi connectivity index (χ0n) is 11.1. The Morgan fingerprint density at radius 1 is 1.47 bits per heavy atom. The van der Waals surface area contributed by atoms with Crippen molar-refractivity contribution in [1.82, 2.24) is 9.80 Å². The maximum atomic E-state index is 12.4. The van der Waals surface area contributed by atoms with E-state index < -0.39 is 0 Å². The van der Waals surface area contributed by atoms with Crippen LogP contribution in [0.5, 0.6) is 0 Å². The van der Waals surface area contributed by atoms with Crippen LogP contribution in [0.15, 0.2) is 0 Å². The number of rotatable bonds is 3. The maximum absolute atomic E-state index is 12.4. The number of hydrogen-bond donors (Lipinski definition) is 1. The van der Waals surface area contributed by atoms with Gasteiger partial charge in [-0.3, -0.25) is 9.69 Å². The first-order valence-electron chi connectivity index (χ1n) is 6.92. The van der Waals surface area contributed by atoms with E-state index in [1.807, 2.05) is 6.92 Å². The van der Waals surface area contributed by atoms with E-state index in [-0.39, 0.29) is 11.8 Å². The third-order valence-corrected chi connectivity index (χ3v) is 4.35. The first-order valence-corrected chi connectivity index (χ1v) is 6.92. The summed E-state index contributed by atoms with van der Waals surface area (Å²) in [5, 5.41) is 0. The van der Waals surface area contributed by atoms with Crippen LogP contribution >= 0.6 is 0 Å². The molecule has 2 fully saturated rings. The molecule has 2 rings (SSSR count). The van der Waals surface area contributed by atoms with Crippen molar-refractivity contribution in [2.24, 2.45) is 11.7 Å². The molecule has 0 spiro atoms. The van der Waals surface area contributed by atoms with Gasteiger partial charge < -0.3 is 10.6 Å². The van der Waals surface area contributed by atoms with Gasteiger partial charge in [0.15, 0.2) is 0 Å². The van der Waals surface area contributed by atoms with Gasteiger partial charge >= 0.3 is 0 Å². The van der Waals surface area contributed by atoms with Crippen LogP contribution < -0.4 is 5.73 Å². The van der Waals surface area contributed by atoms with E-state index in [1.165, 1.54) is 19.4 Å². The predicted molar refractivity (Wildman–Crippen MR) is 68.6 cm³/mol. The zero-order chi connectivity index (χ0) is 12.4. The fourth-order valence-corrected chi connectivity index (χ4v) is 3.17. The molecule has 0 aromatic heterocycles. The molecule has 2 N–H and O–H groups in total. The number of carbonyl (C=O) groups is 1. The molecule has 2 heterocycles.